The van der Waals surface area contributed by atoms with E-state index in [9.17, 15) is 9.90 Å². The predicted octanol–water partition coefficient (Wildman–Crippen LogP) is 4.21. The molecule has 1 N–H and O–H groups in total. The molecule has 4 nitrogen and oxygen atoms in total. The van der Waals surface area contributed by atoms with Crippen LogP contribution in [0.15, 0.2) is 66.2 Å². The summed E-state index contributed by atoms with van der Waals surface area (Å²) in [5.74, 6) is -1.61. The number of rotatable bonds is 6. The first-order chi connectivity index (χ1) is 12.6. The van der Waals surface area contributed by atoms with Gasteiger partial charge < -0.3 is 14.6 Å². The quantitative estimate of drug-likeness (QED) is 0.793. The highest BCUT2D eigenvalue weighted by molar-refractivity contribution is 6.07. The van der Waals surface area contributed by atoms with Crippen molar-refractivity contribution in [3.8, 4) is 5.75 Å². The summed E-state index contributed by atoms with van der Waals surface area (Å²) >= 11 is 0. The molecule has 26 heavy (non-hydrogen) atoms. The summed E-state index contributed by atoms with van der Waals surface area (Å²) in [5, 5.41) is 11.1. The fourth-order valence-electron chi connectivity index (χ4n) is 3.19. The van der Waals surface area contributed by atoms with Gasteiger partial charge in [-0.3, -0.25) is 0 Å². The van der Waals surface area contributed by atoms with Crippen LogP contribution in [-0.2, 0) is 9.53 Å². The third-order valence-corrected chi connectivity index (χ3v) is 4.35. The number of esters is 1. The monoisotopic (exact) mass is 350 g/mol. The molecule has 1 atom stereocenters. The minimum Gasteiger partial charge on any atom is -0.496 e. The highest BCUT2D eigenvalue weighted by atomic mass is 16.7. The maximum absolute atomic E-state index is 12.5. The van der Waals surface area contributed by atoms with Crippen LogP contribution >= 0.6 is 0 Å². The number of hydrogen-bond donors (Lipinski definition) is 1. The molecular formula is C22H22O4. The summed E-state index contributed by atoms with van der Waals surface area (Å²) in [7, 11) is 1.56. The molecule has 3 rings (SSSR count). The van der Waals surface area contributed by atoms with Crippen LogP contribution in [0.3, 0.4) is 0 Å². The zero-order valence-electron chi connectivity index (χ0n) is 14.9. The molecule has 0 saturated heterocycles. The van der Waals surface area contributed by atoms with Crippen molar-refractivity contribution in [3.63, 3.8) is 0 Å². The highest BCUT2D eigenvalue weighted by Gasteiger charge is 2.46. The molecule has 0 aromatic heterocycles. The molecule has 0 spiro atoms. The molecule has 1 heterocycles. The second kappa shape index (κ2) is 7.58. The fourth-order valence-corrected chi connectivity index (χ4v) is 3.19. The Bertz CT molecular complexity index is 851. The van der Waals surface area contributed by atoms with Crippen LogP contribution < -0.4 is 4.74 Å². The second-order valence-electron chi connectivity index (χ2n) is 6.16. The van der Waals surface area contributed by atoms with Crippen molar-refractivity contribution in [2.75, 3.05) is 7.11 Å². The second-order valence-corrected chi connectivity index (χ2v) is 6.16. The Kier molecular flexibility index (Phi) is 5.24. The van der Waals surface area contributed by atoms with Crippen molar-refractivity contribution in [3.05, 3.63) is 77.4 Å². The first-order valence-electron chi connectivity index (χ1n) is 8.66. The molecule has 2 aromatic carbocycles. The van der Waals surface area contributed by atoms with Gasteiger partial charge in [0.2, 0.25) is 5.79 Å². The van der Waals surface area contributed by atoms with Gasteiger partial charge in [0, 0.05) is 17.6 Å². The van der Waals surface area contributed by atoms with Crippen LogP contribution in [-0.4, -0.2) is 24.0 Å². The van der Waals surface area contributed by atoms with E-state index in [0.717, 1.165) is 5.56 Å². The van der Waals surface area contributed by atoms with Gasteiger partial charge in [-0.2, -0.15) is 0 Å². The molecule has 1 unspecified atom stereocenters. The third-order valence-electron chi connectivity index (χ3n) is 4.35. The molecule has 134 valence electrons. The number of benzene rings is 2. The van der Waals surface area contributed by atoms with Crippen molar-refractivity contribution >= 4 is 17.6 Å². The van der Waals surface area contributed by atoms with Gasteiger partial charge in [-0.15, -0.1) is 0 Å². The van der Waals surface area contributed by atoms with Crippen LogP contribution in [0.1, 0.15) is 30.9 Å². The minimum atomic E-state index is -1.66. The predicted molar refractivity (Wildman–Crippen MR) is 101 cm³/mol. The smallest absolute Gasteiger partial charge is 0.341 e. The number of cyclic esters (lactones) is 1. The van der Waals surface area contributed by atoms with Crippen molar-refractivity contribution in [2.45, 2.75) is 25.6 Å². The van der Waals surface area contributed by atoms with Gasteiger partial charge in [0.05, 0.1) is 12.7 Å². The van der Waals surface area contributed by atoms with E-state index < -0.39 is 11.8 Å². The van der Waals surface area contributed by atoms with Crippen LogP contribution in [0.5, 0.6) is 5.75 Å². The molecule has 4 heteroatoms. The number of hydrogen-bond acceptors (Lipinski definition) is 4. The van der Waals surface area contributed by atoms with E-state index in [1.54, 1.807) is 19.3 Å². The molecule has 0 aliphatic carbocycles. The van der Waals surface area contributed by atoms with E-state index in [-0.39, 0.29) is 0 Å². The van der Waals surface area contributed by atoms with E-state index >= 15 is 0 Å². The summed E-state index contributed by atoms with van der Waals surface area (Å²) in [6.45, 7) is 1.93. The fraction of sp³-hybridized carbons (Fsp3) is 0.227. The molecule has 0 saturated carbocycles. The number of ether oxygens (including phenoxy) is 2. The lowest BCUT2D eigenvalue weighted by Crippen LogP contribution is -2.30. The Morgan fingerprint density at radius 2 is 1.77 bits per heavy atom. The first kappa shape index (κ1) is 18.0. The summed E-state index contributed by atoms with van der Waals surface area (Å²) in [5.41, 5.74) is 2.41. The topological polar surface area (TPSA) is 55.8 Å². The standard InChI is InChI=1S/C22H22O4/c1-3-15-22(24)20(17-11-7-8-12-19(17)25-2)18(21(23)26-22)14-13-16-9-5-4-6-10-16/h4-14,24H,3,15H2,1-2H3/b14-13+. The summed E-state index contributed by atoms with van der Waals surface area (Å²) in [6, 6.07) is 17.0. The molecule has 1 aliphatic rings. The maximum Gasteiger partial charge on any atom is 0.341 e. The average molecular weight is 350 g/mol. The van der Waals surface area contributed by atoms with Crippen LogP contribution in [0.2, 0.25) is 0 Å². The van der Waals surface area contributed by atoms with Gasteiger partial charge in [-0.1, -0.05) is 61.5 Å². The average Bonchev–Trinajstić information content (AvgIpc) is 2.90. The van der Waals surface area contributed by atoms with Gasteiger partial charge in [0.25, 0.3) is 0 Å². The van der Waals surface area contributed by atoms with Gasteiger partial charge in [-0.25, -0.2) is 4.79 Å². The minimum absolute atomic E-state index is 0.314. The summed E-state index contributed by atoms with van der Waals surface area (Å²) in [4.78, 5) is 12.5. The Morgan fingerprint density at radius 3 is 2.46 bits per heavy atom. The third kappa shape index (κ3) is 3.41. The van der Waals surface area contributed by atoms with E-state index in [1.807, 2.05) is 61.5 Å². The van der Waals surface area contributed by atoms with Gasteiger partial charge in [-0.05, 0) is 24.1 Å². The van der Waals surface area contributed by atoms with Crippen molar-refractivity contribution < 1.29 is 19.4 Å². The Hall–Kier alpha value is -2.85. The largest absolute Gasteiger partial charge is 0.496 e. The van der Waals surface area contributed by atoms with Gasteiger partial charge >= 0.3 is 5.97 Å². The van der Waals surface area contributed by atoms with E-state index in [0.29, 0.717) is 35.3 Å². The molecule has 0 fully saturated rings. The molecule has 0 radical (unpaired) electrons. The number of carbonyl (C=O) groups is 1. The zero-order valence-corrected chi connectivity index (χ0v) is 14.9. The Morgan fingerprint density at radius 1 is 1.08 bits per heavy atom. The number of para-hydroxylation sites is 1. The zero-order chi connectivity index (χ0) is 18.6. The van der Waals surface area contributed by atoms with Crippen molar-refractivity contribution in [2.24, 2.45) is 0 Å². The van der Waals surface area contributed by atoms with Crippen LogP contribution in [0, 0.1) is 0 Å². The summed E-state index contributed by atoms with van der Waals surface area (Å²) < 4.78 is 10.8. The van der Waals surface area contributed by atoms with E-state index in [2.05, 4.69) is 0 Å². The normalized spacial score (nSPS) is 19.9. The molecular weight excluding hydrogens is 328 g/mol. The van der Waals surface area contributed by atoms with Crippen molar-refractivity contribution in [1.29, 1.82) is 0 Å². The molecule has 2 aromatic rings. The Balaban J connectivity index is 2.16. The molecule has 0 bridgehead atoms. The lowest BCUT2D eigenvalue weighted by molar-refractivity contribution is -0.177. The summed E-state index contributed by atoms with van der Waals surface area (Å²) in [6.07, 6.45) is 4.52. The van der Waals surface area contributed by atoms with Crippen LogP contribution in [0.4, 0.5) is 0 Å². The van der Waals surface area contributed by atoms with Gasteiger partial charge in [0.1, 0.15) is 5.75 Å². The van der Waals surface area contributed by atoms with E-state index in [4.69, 9.17) is 9.47 Å². The number of carbonyl (C=O) groups excluding carboxylic acids is 1. The highest BCUT2D eigenvalue weighted by Crippen LogP contribution is 2.44. The Labute approximate surface area is 153 Å². The first-order valence-corrected chi connectivity index (χ1v) is 8.66. The lowest BCUT2D eigenvalue weighted by Gasteiger charge is -2.25. The SMILES string of the molecule is CCCC1(O)OC(=O)C(/C=C/c2ccccc2)=C1c1ccccc1OC. The van der Waals surface area contributed by atoms with Crippen molar-refractivity contribution in [1.82, 2.24) is 0 Å². The number of aliphatic hydroxyl groups is 1. The van der Waals surface area contributed by atoms with E-state index in [1.165, 1.54) is 0 Å². The van der Waals surface area contributed by atoms with Crippen LogP contribution in [0.25, 0.3) is 11.6 Å². The number of methoxy groups -OCH3 is 1. The molecule has 1 aliphatic heterocycles. The molecule has 0 amide bonds. The lowest BCUT2D eigenvalue weighted by atomic mass is 9.90. The maximum atomic E-state index is 12.5. The van der Waals surface area contributed by atoms with Gasteiger partial charge in [0.15, 0.2) is 0 Å².